The minimum absolute atomic E-state index is 0.101. The van der Waals surface area contributed by atoms with Crippen LogP contribution in [-0.2, 0) is 17.9 Å². The van der Waals surface area contributed by atoms with E-state index in [2.05, 4.69) is 22.3 Å². The molecule has 6 nitrogen and oxygen atoms in total. The second-order valence-corrected chi connectivity index (χ2v) is 7.51. The molecule has 1 aliphatic rings. The van der Waals surface area contributed by atoms with Gasteiger partial charge in [-0.15, -0.1) is 0 Å². The third-order valence-electron chi connectivity index (χ3n) is 5.13. The highest BCUT2D eigenvalue weighted by Gasteiger charge is 2.16. The van der Waals surface area contributed by atoms with E-state index in [0.29, 0.717) is 17.9 Å². The molecule has 0 aromatic heterocycles. The van der Waals surface area contributed by atoms with Crippen LogP contribution in [0.15, 0.2) is 48.5 Å². The van der Waals surface area contributed by atoms with Gasteiger partial charge in [0.05, 0.1) is 5.56 Å². The fourth-order valence-corrected chi connectivity index (χ4v) is 3.39. The first kappa shape index (κ1) is 20.9. The fraction of sp³-hybridized carbons (Fsp3) is 0.391. The molecule has 3 rings (SSSR count). The number of hydrogen-bond donors (Lipinski definition) is 1. The largest absolute Gasteiger partial charge is 0.483 e. The number of likely N-dealkylation sites (tertiary alicyclic amines) is 1. The molecule has 1 N–H and O–H groups in total. The second kappa shape index (κ2) is 10.1. The van der Waals surface area contributed by atoms with Crippen LogP contribution in [0, 0.1) is 0 Å². The van der Waals surface area contributed by atoms with Gasteiger partial charge in [-0.1, -0.05) is 36.4 Å². The van der Waals surface area contributed by atoms with Gasteiger partial charge in [-0.3, -0.25) is 14.5 Å². The van der Waals surface area contributed by atoms with Crippen molar-refractivity contribution in [2.24, 2.45) is 0 Å². The second-order valence-electron chi connectivity index (χ2n) is 7.51. The number of likely N-dealkylation sites (N-methyl/N-ethyl adjacent to an activating group) is 1. The summed E-state index contributed by atoms with van der Waals surface area (Å²) in [6, 6.07) is 15.2. The van der Waals surface area contributed by atoms with Crippen molar-refractivity contribution in [3.8, 4) is 5.75 Å². The molecule has 2 amide bonds. The van der Waals surface area contributed by atoms with Gasteiger partial charge < -0.3 is 15.0 Å². The molecule has 2 aromatic rings. The molecule has 29 heavy (non-hydrogen) atoms. The highest BCUT2D eigenvalue weighted by molar-refractivity contribution is 5.97. The molecule has 0 spiro atoms. The van der Waals surface area contributed by atoms with Crippen molar-refractivity contribution in [3.05, 3.63) is 65.2 Å². The van der Waals surface area contributed by atoms with Crippen molar-refractivity contribution in [2.75, 3.05) is 33.8 Å². The molecule has 2 aromatic carbocycles. The lowest BCUT2D eigenvalue weighted by Gasteiger charge is -2.18. The molecule has 1 saturated heterocycles. The molecule has 6 heteroatoms. The van der Waals surface area contributed by atoms with E-state index < -0.39 is 0 Å². The van der Waals surface area contributed by atoms with Gasteiger partial charge in [0.2, 0.25) is 0 Å². The quantitative estimate of drug-likeness (QED) is 0.747. The normalized spacial score (nSPS) is 13.9. The van der Waals surface area contributed by atoms with Crippen molar-refractivity contribution in [1.29, 1.82) is 0 Å². The molecule has 0 radical (unpaired) electrons. The molecule has 0 bridgehead atoms. The van der Waals surface area contributed by atoms with E-state index >= 15 is 0 Å². The molecule has 0 unspecified atom stereocenters. The first-order valence-electron chi connectivity index (χ1n) is 10.0. The minimum Gasteiger partial charge on any atom is -0.483 e. The van der Waals surface area contributed by atoms with Crippen LogP contribution in [0.3, 0.4) is 0 Å². The summed E-state index contributed by atoms with van der Waals surface area (Å²) in [5, 5.41) is 3.00. The van der Waals surface area contributed by atoms with Crippen LogP contribution >= 0.6 is 0 Å². The van der Waals surface area contributed by atoms with Gasteiger partial charge in [0.1, 0.15) is 5.75 Å². The summed E-state index contributed by atoms with van der Waals surface area (Å²) >= 11 is 0. The first-order valence-corrected chi connectivity index (χ1v) is 10.0. The number of para-hydroxylation sites is 1. The zero-order valence-corrected chi connectivity index (χ0v) is 17.2. The van der Waals surface area contributed by atoms with Crippen LogP contribution in [0.5, 0.6) is 5.75 Å². The van der Waals surface area contributed by atoms with E-state index in [1.54, 1.807) is 38.4 Å². The van der Waals surface area contributed by atoms with Crippen molar-refractivity contribution in [1.82, 2.24) is 15.1 Å². The Kier molecular flexibility index (Phi) is 7.25. The maximum atomic E-state index is 12.8. The summed E-state index contributed by atoms with van der Waals surface area (Å²) in [5.74, 6) is 0.0375. The smallest absolute Gasteiger partial charge is 0.259 e. The Bertz CT molecular complexity index is 845. The van der Waals surface area contributed by atoms with Crippen LogP contribution < -0.4 is 10.1 Å². The van der Waals surface area contributed by atoms with Crippen LogP contribution in [-0.4, -0.2) is 55.4 Å². The SMILES string of the molecule is CN(C)C(=O)COc1ccccc1C(=O)NCc1ccccc1CN1CCCC1. The predicted molar refractivity (Wildman–Crippen MR) is 113 cm³/mol. The molecular formula is C23H29N3O3. The summed E-state index contributed by atoms with van der Waals surface area (Å²) in [7, 11) is 3.34. The van der Waals surface area contributed by atoms with E-state index in [0.717, 1.165) is 25.2 Å². The summed E-state index contributed by atoms with van der Waals surface area (Å²) < 4.78 is 5.59. The monoisotopic (exact) mass is 395 g/mol. The lowest BCUT2D eigenvalue weighted by Crippen LogP contribution is -2.29. The van der Waals surface area contributed by atoms with Crippen molar-refractivity contribution in [3.63, 3.8) is 0 Å². The van der Waals surface area contributed by atoms with Crippen LogP contribution in [0.2, 0.25) is 0 Å². The highest BCUT2D eigenvalue weighted by atomic mass is 16.5. The number of carbonyl (C=O) groups is 2. The van der Waals surface area contributed by atoms with Gasteiger partial charge in [-0.25, -0.2) is 0 Å². The Balaban J connectivity index is 1.63. The van der Waals surface area contributed by atoms with E-state index in [-0.39, 0.29) is 18.4 Å². The maximum absolute atomic E-state index is 12.8. The number of nitrogens with zero attached hydrogens (tertiary/aromatic N) is 2. The number of benzene rings is 2. The Morgan fingerprint density at radius 2 is 1.66 bits per heavy atom. The molecule has 1 heterocycles. The number of carbonyl (C=O) groups excluding carboxylic acids is 2. The van der Waals surface area contributed by atoms with Crippen LogP contribution in [0.1, 0.15) is 34.3 Å². The average Bonchev–Trinajstić information content (AvgIpc) is 3.24. The van der Waals surface area contributed by atoms with Crippen molar-refractivity contribution >= 4 is 11.8 Å². The molecule has 1 aliphatic heterocycles. The number of ether oxygens (including phenoxy) is 1. The number of amides is 2. The van der Waals surface area contributed by atoms with Gasteiger partial charge in [0.15, 0.2) is 6.61 Å². The van der Waals surface area contributed by atoms with Crippen molar-refractivity contribution in [2.45, 2.75) is 25.9 Å². The lowest BCUT2D eigenvalue weighted by atomic mass is 10.1. The molecule has 0 saturated carbocycles. The number of nitrogens with one attached hydrogen (secondary N) is 1. The van der Waals surface area contributed by atoms with Gasteiger partial charge in [-0.2, -0.15) is 0 Å². The van der Waals surface area contributed by atoms with E-state index in [1.807, 2.05) is 12.1 Å². The van der Waals surface area contributed by atoms with Crippen molar-refractivity contribution < 1.29 is 14.3 Å². The predicted octanol–water partition coefficient (Wildman–Crippen LogP) is 2.68. The van der Waals surface area contributed by atoms with Gasteiger partial charge >= 0.3 is 0 Å². The minimum atomic E-state index is -0.214. The molecule has 0 atom stereocenters. The Labute approximate surface area is 172 Å². The lowest BCUT2D eigenvalue weighted by molar-refractivity contribution is -0.130. The first-order chi connectivity index (χ1) is 14.0. The van der Waals surface area contributed by atoms with Gasteiger partial charge in [0.25, 0.3) is 11.8 Å². The third kappa shape index (κ3) is 5.81. The summed E-state index contributed by atoms with van der Waals surface area (Å²) in [6.45, 7) is 3.54. The Morgan fingerprint density at radius 1 is 1.00 bits per heavy atom. The van der Waals surface area contributed by atoms with E-state index in [9.17, 15) is 9.59 Å². The highest BCUT2D eigenvalue weighted by Crippen LogP contribution is 2.19. The fourth-order valence-electron chi connectivity index (χ4n) is 3.39. The Morgan fingerprint density at radius 3 is 2.38 bits per heavy atom. The zero-order valence-electron chi connectivity index (χ0n) is 17.2. The van der Waals surface area contributed by atoms with Gasteiger partial charge in [0, 0.05) is 27.2 Å². The average molecular weight is 396 g/mol. The zero-order chi connectivity index (χ0) is 20.6. The van der Waals surface area contributed by atoms with Crippen LogP contribution in [0.4, 0.5) is 0 Å². The van der Waals surface area contributed by atoms with E-state index in [1.165, 1.54) is 23.3 Å². The molecule has 1 fully saturated rings. The third-order valence-corrected chi connectivity index (χ3v) is 5.13. The Hall–Kier alpha value is -2.86. The molecule has 0 aliphatic carbocycles. The standard InChI is InChI=1S/C23H29N3O3/c1-25(2)22(27)17-29-21-12-6-5-11-20(21)23(28)24-15-18-9-3-4-10-19(18)16-26-13-7-8-14-26/h3-6,9-12H,7-8,13-17H2,1-2H3,(H,24,28). The number of hydrogen-bond acceptors (Lipinski definition) is 4. The summed E-state index contributed by atoms with van der Waals surface area (Å²) in [4.78, 5) is 28.5. The number of rotatable bonds is 8. The molecule has 154 valence electrons. The van der Waals surface area contributed by atoms with Crippen LogP contribution in [0.25, 0.3) is 0 Å². The van der Waals surface area contributed by atoms with E-state index in [4.69, 9.17) is 4.74 Å². The maximum Gasteiger partial charge on any atom is 0.259 e. The summed E-state index contributed by atoms with van der Waals surface area (Å²) in [5.41, 5.74) is 2.79. The van der Waals surface area contributed by atoms with Gasteiger partial charge in [-0.05, 0) is 49.2 Å². The topological polar surface area (TPSA) is 61.9 Å². The summed E-state index contributed by atoms with van der Waals surface area (Å²) in [6.07, 6.45) is 2.51. The molecular weight excluding hydrogens is 366 g/mol.